The molecule has 232 valence electrons. The molecule has 1 aromatic heterocycles. The number of primary amides is 1. The molecule has 0 bridgehead atoms. The van der Waals surface area contributed by atoms with Gasteiger partial charge in [-0.3, -0.25) is 9.59 Å². The van der Waals surface area contributed by atoms with Crippen LogP contribution >= 0.6 is 0 Å². The van der Waals surface area contributed by atoms with Crippen LogP contribution in [0.2, 0.25) is 0 Å². The fourth-order valence-electron chi connectivity index (χ4n) is 5.13. The first-order chi connectivity index (χ1) is 20.9. The molecule has 0 radical (unpaired) electrons. The van der Waals surface area contributed by atoms with Crippen LogP contribution in [0.5, 0.6) is 5.75 Å². The van der Waals surface area contributed by atoms with Gasteiger partial charge in [-0.25, -0.2) is 4.68 Å². The Bertz CT molecular complexity index is 1550. The van der Waals surface area contributed by atoms with Crippen LogP contribution in [-0.4, -0.2) is 46.8 Å². The van der Waals surface area contributed by atoms with Gasteiger partial charge in [0.25, 0.3) is 0 Å². The molecular formula is C36H45N5O3. The van der Waals surface area contributed by atoms with E-state index >= 15 is 0 Å². The van der Waals surface area contributed by atoms with E-state index in [1.54, 1.807) is 24.3 Å². The first-order valence-electron chi connectivity index (χ1n) is 15.2. The maximum absolute atomic E-state index is 12.7. The largest absolute Gasteiger partial charge is 0.508 e. The number of unbranched alkanes of at least 4 members (excludes halogenated alkanes) is 1. The number of benzene rings is 3. The van der Waals surface area contributed by atoms with Crippen molar-refractivity contribution < 1.29 is 14.7 Å². The summed E-state index contributed by atoms with van der Waals surface area (Å²) in [5.41, 5.74) is 13.0. The summed E-state index contributed by atoms with van der Waals surface area (Å²) >= 11 is 0. The van der Waals surface area contributed by atoms with Gasteiger partial charge in [0, 0.05) is 37.5 Å². The van der Waals surface area contributed by atoms with Gasteiger partial charge in [0.15, 0.2) is 0 Å². The van der Waals surface area contributed by atoms with Crippen molar-refractivity contribution in [3.8, 4) is 22.7 Å². The van der Waals surface area contributed by atoms with Crippen LogP contribution in [0.4, 0.5) is 5.69 Å². The zero-order valence-corrected chi connectivity index (χ0v) is 26.5. The number of rotatable bonds is 13. The molecule has 0 aliphatic heterocycles. The van der Waals surface area contributed by atoms with Gasteiger partial charge in [-0.1, -0.05) is 57.2 Å². The highest BCUT2D eigenvalue weighted by Crippen LogP contribution is 2.28. The van der Waals surface area contributed by atoms with Crippen LogP contribution in [0.15, 0.2) is 78.9 Å². The second kappa shape index (κ2) is 14.3. The number of phenols is 1. The van der Waals surface area contributed by atoms with Crippen LogP contribution < -0.4 is 16.0 Å². The van der Waals surface area contributed by atoms with Gasteiger partial charge in [0.2, 0.25) is 11.8 Å². The molecule has 0 saturated carbocycles. The second-order valence-corrected chi connectivity index (χ2v) is 12.6. The number of aromatic hydroxyl groups is 1. The van der Waals surface area contributed by atoms with Crippen LogP contribution in [-0.2, 0) is 27.8 Å². The van der Waals surface area contributed by atoms with Gasteiger partial charge < -0.3 is 21.1 Å². The highest BCUT2D eigenvalue weighted by molar-refractivity contribution is 5.86. The van der Waals surface area contributed by atoms with Gasteiger partial charge in [0.1, 0.15) is 11.8 Å². The SMILES string of the molecule is CN(C)c1cccc(-c2cc(CCCCC(=O)NC(CCc3ccc(O)cc3)C(N)=O)n(-c3ccc(C(C)(C)C)cc3)n2)c1. The summed E-state index contributed by atoms with van der Waals surface area (Å²) in [6.45, 7) is 6.61. The number of hydrogen-bond donors (Lipinski definition) is 3. The maximum Gasteiger partial charge on any atom is 0.240 e. The number of aryl methyl sites for hydroxylation is 2. The molecule has 1 heterocycles. The van der Waals surface area contributed by atoms with E-state index in [4.69, 9.17) is 10.8 Å². The van der Waals surface area contributed by atoms with Crippen molar-refractivity contribution >= 4 is 17.5 Å². The zero-order valence-electron chi connectivity index (χ0n) is 26.5. The Morgan fingerprint density at radius 3 is 2.30 bits per heavy atom. The third kappa shape index (κ3) is 8.72. The summed E-state index contributed by atoms with van der Waals surface area (Å²) < 4.78 is 2.01. The summed E-state index contributed by atoms with van der Waals surface area (Å²) in [5, 5.41) is 17.3. The predicted molar refractivity (Wildman–Crippen MR) is 177 cm³/mol. The number of nitrogens with two attached hydrogens (primary N) is 1. The van der Waals surface area contributed by atoms with Crippen LogP contribution in [0.3, 0.4) is 0 Å². The van der Waals surface area contributed by atoms with Crippen LogP contribution in [0, 0.1) is 0 Å². The number of nitrogens with one attached hydrogen (secondary N) is 1. The van der Waals surface area contributed by atoms with E-state index in [1.165, 1.54) is 5.56 Å². The van der Waals surface area contributed by atoms with E-state index in [-0.39, 0.29) is 17.1 Å². The van der Waals surface area contributed by atoms with Crippen molar-refractivity contribution in [2.75, 3.05) is 19.0 Å². The number of carbonyl (C=O) groups is 2. The molecule has 4 aromatic rings. The van der Waals surface area contributed by atoms with Gasteiger partial charge in [0.05, 0.1) is 11.4 Å². The van der Waals surface area contributed by atoms with Gasteiger partial charge in [-0.15, -0.1) is 0 Å². The Balaban J connectivity index is 1.42. The van der Waals surface area contributed by atoms with Crippen molar-refractivity contribution in [3.05, 3.63) is 95.7 Å². The Hall–Kier alpha value is -4.59. The second-order valence-electron chi connectivity index (χ2n) is 12.6. The van der Waals surface area contributed by atoms with Crippen LogP contribution in [0.1, 0.15) is 63.3 Å². The number of phenolic OH excluding ortho intramolecular Hbond substituents is 1. The molecule has 0 aliphatic carbocycles. The van der Waals surface area contributed by atoms with E-state index in [0.29, 0.717) is 25.7 Å². The number of carbonyl (C=O) groups excluding carboxylic acids is 2. The van der Waals surface area contributed by atoms with Crippen molar-refractivity contribution in [1.82, 2.24) is 15.1 Å². The average molecular weight is 596 g/mol. The lowest BCUT2D eigenvalue weighted by Crippen LogP contribution is -2.44. The molecule has 8 heteroatoms. The lowest BCUT2D eigenvalue weighted by molar-refractivity contribution is -0.127. The molecule has 44 heavy (non-hydrogen) atoms. The molecule has 0 saturated heterocycles. The minimum Gasteiger partial charge on any atom is -0.508 e. The predicted octanol–water partition coefficient (Wildman–Crippen LogP) is 5.92. The number of aromatic nitrogens is 2. The van der Waals surface area contributed by atoms with Crippen molar-refractivity contribution in [2.24, 2.45) is 5.73 Å². The van der Waals surface area contributed by atoms with Gasteiger partial charge in [-0.2, -0.15) is 5.10 Å². The summed E-state index contributed by atoms with van der Waals surface area (Å²) in [7, 11) is 4.05. The Morgan fingerprint density at radius 1 is 0.955 bits per heavy atom. The number of nitrogens with zero attached hydrogens (tertiary/aromatic N) is 3. The third-order valence-electron chi connectivity index (χ3n) is 7.84. The molecule has 2 amide bonds. The first kappa shape index (κ1) is 32.3. The topological polar surface area (TPSA) is 113 Å². The minimum absolute atomic E-state index is 0.0584. The molecule has 0 spiro atoms. The summed E-state index contributed by atoms with van der Waals surface area (Å²) in [6.07, 6.45) is 3.45. The molecule has 1 atom stereocenters. The Labute approximate surface area is 260 Å². The van der Waals surface area contributed by atoms with Crippen molar-refractivity contribution in [1.29, 1.82) is 0 Å². The highest BCUT2D eigenvalue weighted by atomic mass is 16.3. The van der Waals surface area contributed by atoms with E-state index in [1.807, 2.05) is 24.8 Å². The number of amides is 2. The third-order valence-corrected chi connectivity index (χ3v) is 7.84. The number of anilines is 1. The van der Waals surface area contributed by atoms with E-state index in [9.17, 15) is 14.7 Å². The first-order valence-corrected chi connectivity index (χ1v) is 15.2. The number of hydrogen-bond acceptors (Lipinski definition) is 5. The Kier molecular flexibility index (Phi) is 10.5. The highest BCUT2D eigenvalue weighted by Gasteiger charge is 2.19. The quantitative estimate of drug-likeness (QED) is 0.166. The van der Waals surface area contributed by atoms with E-state index in [0.717, 1.165) is 46.7 Å². The fraction of sp³-hybridized carbons (Fsp3) is 0.361. The lowest BCUT2D eigenvalue weighted by atomic mass is 9.87. The molecular weight excluding hydrogens is 550 g/mol. The standard InChI is InChI=1S/C36H45N5O3/c1-36(2,3)27-16-18-28(19-17-27)41-30(24-33(39-41)26-9-8-11-29(23-26)40(4)5)10-6-7-12-34(43)38-32(35(37)44)22-15-25-13-20-31(42)21-14-25/h8-9,11,13-14,16-21,23-24,32,42H,6-7,10,12,15,22H2,1-5H3,(H2,37,44)(H,38,43). The Morgan fingerprint density at radius 2 is 1.66 bits per heavy atom. The minimum atomic E-state index is -0.741. The smallest absolute Gasteiger partial charge is 0.240 e. The normalized spacial score (nSPS) is 12.1. The molecule has 8 nitrogen and oxygen atoms in total. The van der Waals surface area contributed by atoms with Crippen LogP contribution in [0.25, 0.3) is 16.9 Å². The lowest BCUT2D eigenvalue weighted by Gasteiger charge is -2.19. The molecule has 3 aromatic carbocycles. The van der Waals surface area contributed by atoms with Crippen molar-refractivity contribution in [2.45, 2.75) is 70.8 Å². The summed E-state index contributed by atoms with van der Waals surface area (Å²) in [6, 6.07) is 25.1. The molecule has 0 aliphatic rings. The van der Waals surface area contributed by atoms with Gasteiger partial charge in [-0.05, 0) is 91.1 Å². The monoisotopic (exact) mass is 595 g/mol. The molecule has 1 unspecified atom stereocenters. The summed E-state index contributed by atoms with van der Waals surface area (Å²) in [4.78, 5) is 26.8. The zero-order chi connectivity index (χ0) is 31.9. The van der Waals surface area contributed by atoms with E-state index in [2.05, 4.69) is 79.5 Å². The average Bonchev–Trinajstić information content (AvgIpc) is 3.42. The van der Waals surface area contributed by atoms with Gasteiger partial charge >= 0.3 is 0 Å². The molecule has 4 rings (SSSR count). The fourth-order valence-corrected chi connectivity index (χ4v) is 5.13. The molecule has 0 fully saturated rings. The summed E-state index contributed by atoms with van der Waals surface area (Å²) in [5.74, 6) is -0.555. The molecule has 4 N–H and O–H groups in total. The van der Waals surface area contributed by atoms with E-state index < -0.39 is 11.9 Å². The van der Waals surface area contributed by atoms with Crippen molar-refractivity contribution in [3.63, 3.8) is 0 Å². The maximum atomic E-state index is 12.7.